The molecule has 0 aliphatic heterocycles. The lowest BCUT2D eigenvalue weighted by Crippen LogP contribution is -2.28. The predicted molar refractivity (Wildman–Crippen MR) is 103 cm³/mol. The summed E-state index contributed by atoms with van der Waals surface area (Å²) >= 11 is 12.2. The summed E-state index contributed by atoms with van der Waals surface area (Å²) in [7, 11) is 0. The van der Waals surface area contributed by atoms with Crippen LogP contribution in [0.15, 0.2) is 54.6 Å². The van der Waals surface area contributed by atoms with Gasteiger partial charge in [-0.15, -0.1) is 0 Å². The molecule has 7 heteroatoms. The minimum atomic E-state index is -0.283. The monoisotopic (exact) mass is 389 g/mol. The van der Waals surface area contributed by atoms with Crippen LogP contribution in [0.2, 0.25) is 10.2 Å². The summed E-state index contributed by atoms with van der Waals surface area (Å²) < 4.78 is 7.11. The highest BCUT2D eigenvalue weighted by molar-refractivity contribution is 6.33. The summed E-state index contributed by atoms with van der Waals surface area (Å²) in [6, 6.07) is 16.5. The first-order chi connectivity index (χ1) is 12.6. The molecule has 0 fully saturated rings. The van der Waals surface area contributed by atoms with Crippen molar-refractivity contribution in [2.24, 2.45) is 0 Å². The Hall–Kier alpha value is -2.50. The number of nitrogens with one attached hydrogen (secondary N) is 1. The van der Waals surface area contributed by atoms with Crippen molar-refractivity contribution in [3.8, 4) is 11.4 Å². The van der Waals surface area contributed by atoms with Crippen molar-refractivity contribution in [2.45, 2.75) is 6.92 Å². The van der Waals surface area contributed by atoms with Crippen LogP contribution in [0.25, 0.3) is 5.69 Å². The summed E-state index contributed by atoms with van der Waals surface area (Å²) in [6.45, 7) is 2.43. The highest BCUT2D eigenvalue weighted by atomic mass is 35.5. The topological polar surface area (TPSA) is 56.2 Å². The van der Waals surface area contributed by atoms with Gasteiger partial charge in [0, 0.05) is 5.02 Å². The molecule has 1 amide bonds. The second-order valence-electron chi connectivity index (χ2n) is 5.56. The van der Waals surface area contributed by atoms with Crippen LogP contribution in [0.1, 0.15) is 16.1 Å². The van der Waals surface area contributed by atoms with E-state index in [-0.39, 0.29) is 11.1 Å². The zero-order chi connectivity index (χ0) is 18.5. The molecule has 26 heavy (non-hydrogen) atoms. The molecule has 0 unspecified atom stereocenters. The Balaban J connectivity index is 1.61. The predicted octanol–water partition coefficient (Wildman–Crippen LogP) is 4.30. The fourth-order valence-corrected chi connectivity index (χ4v) is 2.93. The van der Waals surface area contributed by atoms with Gasteiger partial charge in [-0.2, -0.15) is 5.10 Å². The van der Waals surface area contributed by atoms with E-state index in [1.165, 1.54) is 0 Å². The Morgan fingerprint density at radius 2 is 1.81 bits per heavy atom. The molecule has 3 aromatic rings. The molecule has 0 aliphatic rings. The van der Waals surface area contributed by atoms with Crippen molar-refractivity contribution in [3.05, 3.63) is 76.0 Å². The molecule has 0 aliphatic carbocycles. The SMILES string of the molecule is Cc1nn(-c2ccccc2)c(Cl)c1C(=O)NCCOc1ccc(Cl)cc1. The average Bonchev–Trinajstić information content (AvgIpc) is 2.95. The van der Waals surface area contributed by atoms with Gasteiger partial charge in [-0.3, -0.25) is 4.79 Å². The second kappa shape index (κ2) is 8.25. The summed E-state index contributed by atoms with van der Waals surface area (Å²) in [5, 5.41) is 8.09. The Kier molecular flexibility index (Phi) is 5.81. The van der Waals surface area contributed by atoms with Crippen molar-refractivity contribution in [2.75, 3.05) is 13.2 Å². The first-order valence-electron chi connectivity index (χ1n) is 8.03. The molecule has 0 spiro atoms. The van der Waals surface area contributed by atoms with E-state index in [0.29, 0.717) is 35.2 Å². The average molecular weight is 390 g/mol. The number of amides is 1. The molecular formula is C19H17Cl2N3O2. The number of aryl methyl sites for hydroxylation is 1. The summed E-state index contributed by atoms with van der Waals surface area (Å²) in [5.41, 5.74) is 1.72. The number of halogens is 2. The highest BCUT2D eigenvalue weighted by Crippen LogP contribution is 2.23. The number of rotatable bonds is 6. The van der Waals surface area contributed by atoms with Crippen LogP contribution in [0.4, 0.5) is 0 Å². The minimum Gasteiger partial charge on any atom is -0.492 e. The lowest BCUT2D eigenvalue weighted by atomic mass is 10.2. The van der Waals surface area contributed by atoms with E-state index in [2.05, 4.69) is 10.4 Å². The van der Waals surface area contributed by atoms with Gasteiger partial charge in [-0.05, 0) is 43.3 Å². The number of ether oxygens (including phenoxy) is 1. The number of nitrogens with zero attached hydrogens (tertiary/aromatic N) is 2. The summed E-state index contributed by atoms with van der Waals surface area (Å²) in [4.78, 5) is 12.5. The molecule has 134 valence electrons. The third-order valence-electron chi connectivity index (χ3n) is 3.70. The highest BCUT2D eigenvalue weighted by Gasteiger charge is 2.20. The third kappa shape index (κ3) is 4.18. The molecule has 0 radical (unpaired) electrons. The van der Waals surface area contributed by atoms with E-state index in [4.69, 9.17) is 27.9 Å². The number of carbonyl (C=O) groups is 1. The number of aromatic nitrogens is 2. The molecule has 1 N–H and O–H groups in total. The molecule has 5 nitrogen and oxygen atoms in total. The lowest BCUT2D eigenvalue weighted by Gasteiger charge is -2.08. The van der Waals surface area contributed by atoms with Crippen LogP contribution in [0, 0.1) is 6.92 Å². The molecule has 1 heterocycles. The summed E-state index contributed by atoms with van der Waals surface area (Å²) in [6.07, 6.45) is 0. The number of benzene rings is 2. The number of hydrogen-bond donors (Lipinski definition) is 1. The molecule has 0 saturated carbocycles. The number of carbonyl (C=O) groups excluding carboxylic acids is 1. The normalized spacial score (nSPS) is 10.6. The Morgan fingerprint density at radius 1 is 1.12 bits per heavy atom. The van der Waals surface area contributed by atoms with Crippen molar-refractivity contribution < 1.29 is 9.53 Å². The number of para-hydroxylation sites is 1. The van der Waals surface area contributed by atoms with E-state index in [1.807, 2.05) is 30.3 Å². The Bertz CT molecular complexity index is 893. The molecule has 2 aromatic carbocycles. The van der Waals surface area contributed by atoms with Gasteiger partial charge in [-0.1, -0.05) is 41.4 Å². The molecule has 0 bridgehead atoms. The second-order valence-corrected chi connectivity index (χ2v) is 6.35. The Labute approximate surface area is 161 Å². The standard InChI is InChI=1S/C19H17Cl2N3O2/c1-13-17(18(21)24(23-13)15-5-3-2-4-6-15)19(25)22-11-12-26-16-9-7-14(20)8-10-16/h2-10H,11-12H2,1H3,(H,22,25). The summed E-state index contributed by atoms with van der Waals surface area (Å²) in [5.74, 6) is 0.407. The quantitative estimate of drug-likeness (QED) is 0.639. The van der Waals surface area contributed by atoms with Gasteiger partial charge >= 0.3 is 0 Å². The third-order valence-corrected chi connectivity index (χ3v) is 4.30. The minimum absolute atomic E-state index is 0.282. The van der Waals surface area contributed by atoms with E-state index in [0.717, 1.165) is 5.69 Å². The fourth-order valence-electron chi connectivity index (χ4n) is 2.45. The smallest absolute Gasteiger partial charge is 0.256 e. The van der Waals surface area contributed by atoms with Crippen LogP contribution < -0.4 is 10.1 Å². The van der Waals surface area contributed by atoms with Gasteiger partial charge in [-0.25, -0.2) is 4.68 Å². The first-order valence-corrected chi connectivity index (χ1v) is 8.79. The van der Waals surface area contributed by atoms with Gasteiger partial charge in [0.2, 0.25) is 0 Å². The maximum absolute atomic E-state index is 12.5. The van der Waals surface area contributed by atoms with Crippen LogP contribution in [0.3, 0.4) is 0 Å². The molecule has 1 aromatic heterocycles. The van der Waals surface area contributed by atoms with Crippen molar-refractivity contribution >= 4 is 29.1 Å². The Morgan fingerprint density at radius 3 is 2.50 bits per heavy atom. The first kappa shape index (κ1) is 18.3. The van der Waals surface area contributed by atoms with Crippen LogP contribution in [-0.4, -0.2) is 28.8 Å². The molecular weight excluding hydrogens is 373 g/mol. The zero-order valence-corrected chi connectivity index (χ0v) is 15.6. The molecule has 0 atom stereocenters. The van der Waals surface area contributed by atoms with Crippen LogP contribution >= 0.6 is 23.2 Å². The van der Waals surface area contributed by atoms with Gasteiger partial charge in [0.25, 0.3) is 5.91 Å². The van der Waals surface area contributed by atoms with Crippen LogP contribution in [-0.2, 0) is 0 Å². The maximum Gasteiger partial charge on any atom is 0.256 e. The van der Waals surface area contributed by atoms with Gasteiger partial charge < -0.3 is 10.1 Å². The van der Waals surface area contributed by atoms with Crippen LogP contribution in [0.5, 0.6) is 5.75 Å². The van der Waals surface area contributed by atoms with Gasteiger partial charge in [0.05, 0.1) is 23.5 Å². The lowest BCUT2D eigenvalue weighted by molar-refractivity contribution is 0.0946. The van der Waals surface area contributed by atoms with Crippen molar-refractivity contribution in [3.63, 3.8) is 0 Å². The molecule has 0 saturated heterocycles. The van der Waals surface area contributed by atoms with Gasteiger partial charge in [0.1, 0.15) is 17.5 Å². The molecule has 3 rings (SSSR count). The largest absolute Gasteiger partial charge is 0.492 e. The fraction of sp³-hybridized carbons (Fsp3) is 0.158. The number of hydrogen-bond acceptors (Lipinski definition) is 3. The van der Waals surface area contributed by atoms with E-state index in [9.17, 15) is 4.79 Å². The maximum atomic E-state index is 12.5. The zero-order valence-electron chi connectivity index (χ0n) is 14.1. The van der Waals surface area contributed by atoms with E-state index >= 15 is 0 Å². The van der Waals surface area contributed by atoms with Gasteiger partial charge in [0.15, 0.2) is 0 Å². The van der Waals surface area contributed by atoms with E-state index < -0.39 is 0 Å². The van der Waals surface area contributed by atoms with Crippen molar-refractivity contribution in [1.82, 2.24) is 15.1 Å². The van der Waals surface area contributed by atoms with Crippen molar-refractivity contribution in [1.29, 1.82) is 0 Å². The van der Waals surface area contributed by atoms with E-state index in [1.54, 1.807) is 35.9 Å².